The molecule has 1 aromatic heterocycles. The van der Waals surface area contributed by atoms with E-state index in [1.54, 1.807) is 0 Å². The van der Waals surface area contributed by atoms with Gasteiger partial charge in [0, 0.05) is 18.0 Å². The fourth-order valence-corrected chi connectivity index (χ4v) is 3.21. The zero-order valence-electron chi connectivity index (χ0n) is 10.7. The third-order valence-corrected chi connectivity index (χ3v) is 4.34. The molecule has 1 aliphatic rings. The quantitative estimate of drug-likeness (QED) is 0.897. The monoisotopic (exact) mass is 307 g/mol. The fraction of sp³-hybridized carbons (Fsp3) is 0.667. The van der Waals surface area contributed by atoms with Crippen LogP contribution in [0.15, 0.2) is 5.38 Å². The third-order valence-electron chi connectivity index (χ3n) is 3.49. The van der Waals surface area contributed by atoms with Gasteiger partial charge in [0.2, 0.25) is 5.91 Å². The molecule has 8 heteroatoms. The van der Waals surface area contributed by atoms with E-state index in [0.29, 0.717) is 5.01 Å². The summed E-state index contributed by atoms with van der Waals surface area (Å²) < 4.78 is 37.3. The molecule has 2 atom stereocenters. The number of hydrogen-bond donors (Lipinski definition) is 2. The summed E-state index contributed by atoms with van der Waals surface area (Å²) in [6.45, 7) is 0.231. The maximum atomic E-state index is 12.4. The van der Waals surface area contributed by atoms with Crippen molar-refractivity contribution in [2.24, 2.45) is 11.7 Å². The molecule has 1 aromatic rings. The van der Waals surface area contributed by atoms with Gasteiger partial charge in [0.05, 0.1) is 5.92 Å². The van der Waals surface area contributed by atoms with Crippen LogP contribution in [0.3, 0.4) is 0 Å². The molecule has 4 nitrogen and oxygen atoms in total. The van der Waals surface area contributed by atoms with Crippen LogP contribution in [0.1, 0.15) is 36.4 Å². The molecule has 0 radical (unpaired) electrons. The number of rotatable bonds is 4. The minimum Gasteiger partial charge on any atom is -0.369 e. The Bertz CT molecular complexity index is 475. The van der Waals surface area contributed by atoms with Crippen LogP contribution in [0.4, 0.5) is 13.2 Å². The van der Waals surface area contributed by atoms with Crippen molar-refractivity contribution < 1.29 is 18.0 Å². The number of carbonyl (C=O) groups excluding carboxylic acids is 1. The molecule has 0 unspecified atom stereocenters. The normalized spacial score (nSPS) is 23.8. The molecule has 0 aliphatic heterocycles. The number of thiazole rings is 1. The highest BCUT2D eigenvalue weighted by molar-refractivity contribution is 7.09. The molecule has 1 heterocycles. The number of hydrogen-bond acceptors (Lipinski definition) is 4. The number of nitrogens with two attached hydrogens (primary N) is 1. The number of amides is 1. The van der Waals surface area contributed by atoms with Crippen molar-refractivity contribution in [2.45, 2.75) is 44.4 Å². The molecule has 1 fully saturated rings. The molecule has 0 aromatic carbocycles. The number of nitrogens with one attached hydrogen (secondary N) is 1. The molecular weight excluding hydrogens is 291 g/mol. The molecule has 0 spiro atoms. The van der Waals surface area contributed by atoms with E-state index in [2.05, 4.69) is 10.3 Å². The van der Waals surface area contributed by atoms with Crippen molar-refractivity contribution in [2.75, 3.05) is 0 Å². The van der Waals surface area contributed by atoms with E-state index in [4.69, 9.17) is 5.73 Å². The second kappa shape index (κ2) is 6.09. The van der Waals surface area contributed by atoms with Gasteiger partial charge in [-0.2, -0.15) is 13.2 Å². The average molecular weight is 307 g/mol. The topological polar surface area (TPSA) is 68.0 Å². The minimum atomic E-state index is -4.41. The Morgan fingerprint density at radius 2 is 2.15 bits per heavy atom. The van der Waals surface area contributed by atoms with Gasteiger partial charge in [-0.25, -0.2) is 4.98 Å². The SMILES string of the molecule is NC(=O)[C@H]1CCCC[C@@H]1NCc1nc(C(F)(F)F)cs1. The summed E-state index contributed by atoms with van der Waals surface area (Å²) >= 11 is 0.965. The molecule has 0 saturated heterocycles. The fourth-order valence-electron chi connectivity index (χ4n) is 2.46. The van der Waals surface area contributed by atoms with Gasteiger partial charge in [-0.05, 0) is 12.8 Å². The van der Waals surface area contributed by atoms with E-state index >= 15 is 0 Å². The van der Waals surface area contributed by atoms with Crippen molar-refractivity contribution in [3.63, 3.8) is 0 Å². The van der Waals surface area contributed by atoms with E-state index in [1.165, 1.54) is 0 Å². The highest BCUT2D eigenvalue weighted by Crippen LogP contribution is 2.30. The van der Waals surface area contributed by atoms with Gasteiger partial charge in [0.25, 0.3) is 0 Å². The Morgan fingerprint density at radius 1 is 1.45 bits per heavy atom. The van der Waals surface area contributed by atoms with Crippen LogP contribution in [0.2, 0.25) is 0 Å². The smallest absolute Gasteiger partial charge is 0.369 e. The standard InChI is InChI=1S/C12H16F3N3OS/c13-12(14,15)9-6-20-10(18-9)5-17-8-4-2-1-3-7(8)11(16)19/h6-8,17H,1-5H2,(H2,16,19)/t7-,8-/m0/s1. The Morgan fingerprint density at radius 3 is 2.75 bits per heavy atom. The summed E-state index contributed by atoms with van der Waals surface area (Å²) in [6.07, 6.45) is -0.909. The van der Waals surface area contributed by atoms with Crippen LogP contribution in [0.5, 0.6) is 0 Å². The third kappa shape index (κ3) is 3.69. The van der Waals surface area contributed by atoms with E-state index in [9.17, 15) is 18.0 Å². The summed E-state index contributed by atoms with van der Waals surface area (Å²) in [7, 11) is 0. The summed E-state index contributed by atoms with van der Waals surface area (Å²) in [6, 6.07) is -0.0699. The molecule has 1 amide bonds. The lowest BCUT2D eigenvalue weighted by Gasteiger charge is -2.29. The lowest BCUT2D eigenvalue weighted by Crippen LogP contribution is -2.44. The number of carbonyl (C=O) groups is 1. The molecule has 3 N–H and O–H groups in total. The molecule has 0 bridgehead atoms. The second-order valence-electron chi connectivity index (χ2n) is 4.90. The summed E-state index contributed by atoms with van der Waals surface area (Å²) in [4.78, 5) is 14.9. The summed E-state index contributed by atoms with van der Waals surface area (Å²) in [5.74, 6) is -0.594. The molecule has 1 aliphatic carbocycles. The van der Waals surface area contributed by atoms with Crippen LogP contribution in [0, 0.1) is 5.92 Å². The second-order valence-corrected chi connectivity index (χ2v) is 5.85. The molecule has 1 saturated carbocycles. The van der Waals surface area contributed by atoms with E-state index in [-0.39, 0.29) is 24.4 Å². The average Bonchev–Trinajstić information content (AvgIpc) is 2.85. The Balaban J connectivity index is 1.94. The van der Waals surface area contributed by atoms with Crippen molar-refractivity contribution in [3.05, 3.63) is 16.1 Å². The Labute approximate surface area is 118 Å². The molecule has 20 heavy (non-hydrogen) atoms. The maximum absolute atomic E-state index is 12.4. The van der Waals surface area contributed by atoms with E-state index < -0.39 is 11.9 Å². The lowest BCUT2D eigenvalue weighted by atomic mass is 9.84. The van der Waals surface area contributed by atoms with E-state index in [1.807, 2.05) is 0 Å². The predicted molar refractivity (Wildman–Crippen MR) is 68.9 cm³/mol. The van der Waals surface area contributed by atoms with Gasteiger partial charge >= 0.3 is 6.18 Å². The van der Waals surface area contributed by atoms with Gasteiger partial charge in [0.1, 0.15) is 5.01 Å². The lowest BCUT2D eigenvalue weighted by molar-refractivity contribution is -0.140. The van der Waals surface area contributed by atoms with Crippen LogP contribution >= 0.6 is 11.3 Å². The van der Waals surface area contributed by atoms with Crippen molar-refractivity contribution in [1.29, 1.82) is 0 Å². The number of primary amides is 1. The summed E-state index contributed by atoms with van der Waals surface area (Å²) in [5.41, 5.74) is 4.48. The van der Waals surface area contributed by atoms with Crippen molar-refractivity contribution >= 4 is 17.2 Å². The highest BCUT2D eigenvalue weighted by Gasteiger charge is 2.34. The number of halogens is 3. The van der Waals surface area contributed by atoms with Gasteiger partial charge < -0.3 is 11.1 Å². The minimum absolute atomic E-state index is 0.0699. The predicted octanol–water partition coefficient (Wildman–Crippen LogP) is 2.30. The van der Waals surface area contributed by atoms with Crippen molar-refractivity contribution in [3.8, 4) is 0 Å². The van der Waals surface area contributed by atoms with Crippen LogP contribution in [-0.4, -0.2) is 16.9 Å². The first-order chi connectivity index (χ1) is 9.38. The molecule has 112 valence electrons. The van der Waals surface area contributed by atoms with Gasteiger partial charge in [-0.3, -0.25) is 4.79 Å². The maximum Gasteiger partial charge on any atom is 0.434 e. The first-order valence-corrected chi connectivity index (χ1v) is 7.30. The number of alkyl halides is 3. The summed E-state index contributed by atoms with van der Waals surface area (Å²) in [5, 5.41) is 4.48. The largest absolute Gasteiger partial charge is 0.434 e. The van der Waals surface area contributed by atoms with Gasteiger partial charge in [0.15, 0.2) is 5.69 Å². The van der Waals surface area contributed by atoms with Gasteiger partial charge in [-0.15, -0.1) is 11.3 Å². The molecular formula is C12H16F3N3OS. The zero-order valence-corrected chi connectivity index (χ0v) is 11.6. The van der Waals surface area contributed by atoms with Crippen LogP contribution < -0.4 is 11.1 Å². The van der Waals surface area contributed by atoms with Gasteiger partial charge in [-0.1, -0.05) is 12.8 Å². The number of nitrogens with zero attached hydrogens (tertiary/aromatic N) is 1. The van der Waals surface area contributed by atoms with E-state index in [0.717, 1.165) is 42.4 Å². The Kier molecular flexibility index (Phi) is 4.64. The van der Waals surface area contributed by atoms with Crippen LogP contribution in [0.25, 0.3) is 0 Å². The van der Waals surface area contributed by atoms with Crippen molar-refractivity contribution in [1.82, 2.24) is 10.3 Å². The Hall–Kier alpha value is -1.15. The highest BCUT2D eigenvalue weighted by atomic mass is 32.1. The first-order valence-electron chi connectivity index (χ1n) is 6.42. The van der Waals surface area contributed by atoms with Crippen LogP contribution in [-0.2, 0) is 17.5 Å². The number of aromatic nitrogens is 1. The molecule has 2 rings (SSSR count). The zero-order chi connectivity index (χ0) is 14.8. The first kappa shape index (κ1) is 15.2.